The van der Waals surface area contributed by atoms with E-state index in [-0.39, 0.29) is 22.2 Å². The van der Waals surface area contributed by atoms with Gasteiger partial charge in [0.05, 0.1) is 16.1 Å². The van der Waals surface area contributed by atoms with Gasteiger partial charge < -0.3 is 10.6 Å². The van der Waals surface area contributed by atoms with Gasteiger partial charge in [0.15, 0.2) is 0 Å². The summed E-state index contributed by atoms with van der Waals surface area (Å²) in [6, 6.07) is 10.1. The minimum absolute atomic E-state index is 0.0504. The second-order valence-electron chi connectivity index (χ2n) is 7.35. The number of carbonyl (C=O) groups is 1. The Kier molecular flexibility index (Phi) is 5.74. The van der Waals surface area contributed by atoms with E-state index < -0.39 is 27.8 Å². The first-order chi connectivity index (χ1) is 15.0. The number of sulfonamides is 1. The first-order valence-electron chi connectivity index (χ1n) is 9.53. The predicted molar refractivity (Wildman–Crippen MR) is 117 cm³/mol. The highest BCUT2D eigenvalue weighted by atomic mass is 32.2. The highest BCUT2D eigenvalue weighted by molar-refractivity contribution is 7.89. The summed E-state index contributed by atoms with van der Waals surface area (Å²) in [4.78, 5) is 13.5. The van der Waals surface area contributed by atoms with Crippen LogP contribution in [-0.4, -0.2) is 14.4 Å². The number of thiophene rings is 1. The number of alkyl halides is 3. The molecule has 1 aliphatic carbocycles. The Morgan fingerprint density at radius 2 is 1.81 bits per heavy atom. The van der Waals surface area contributed by atoms with Crippen LogP contribution in [0.4, 0.5) is 29.3 Å². The second-order valence-corrected chi connectivity index (χ2v) is 9.83. The van der Waals surface area contributed by atoms with Gasteiger partial charge in [0, 0.05) is 16.1 Å². The van der Waals surface area contributed by atoms with Crippen molar-refractivity contribution < 1.29 is 26.4 Å². The standard InChI is InChI=1S/C21H18F3N3O3S2/c22-21(23,24)13-3-1-4-14(11-13)26-20(28)27-19-15(16-5-2-10-31-16)8-9-17(32(25,29)30)18(19)12-6-7-12/h1-5,8-12H,6-7H2,(H2,25,29,30)(H2,26,27,28). The zero-order valence-electron chi connectivity index (χ0n) is 16.4. The molecule has 32 heavy (non-hydrogen) atoms. The van der Waals surface area contributed by atoms with E-state index in [1.54, 1.807) is 6.07 Å². The highest BCUT2D eigenvalue weighted by Crippen LogP contribution is 2.49. The molecule has 6 nitrogen and oxygen atoms in total. The fraction of sp³-hybridized carbons (Fsp3) is 0.190. The fourth-order valence-corrected chi connectivity index (χ4v) is 5.04. The predicted octanol–water partition coefficient (Wildman–Crippen LogP) is 5.60. The van der Waals surface area contributed by atoms with E-state index >= 15 is 0 Å². The van der Waals surface area contributed by atoms with Crippen LogP contribution in [0.25, 0.3) is 10.4 Å². The van der Waals surface area contributed by atoms with E-state index in [0.29, 0.717) is 11.1 Å². The quantitative estimate of drug-likeness (QED) is 0.442. The molecule has 4 rings (SSSR count). The Morgan fingerprint density at radius 1 is 1.06 bits per heavy atom. The van der Waals surface area contributed by atoms with Gasteiger partial charge >= 0.3 is 12.2 Å². The van der Waals surface area contributed by atoms with Crippen LogP contribution in [0.3, 0.4) is 0 Å². The van der Waals surface area contributed by atoms with Gasteiger partial charge in [-0.05, 0) is 60.0 Å². The van der Waals surface area contributed by atoms with Gasteiger partial charge in [-0.15, -0.1) is 11.3 Å². The zero-order valence-corrected chi connectivity index (χ0v) is 18.1. The summed E-state index contributed by atoms with van der Waals surface area (Å²) in [5.74, 6) is -0.0907. The summed E-state index contributed by atoms with van der Waals surface area (Å²) in [5, 5.41) is 12.3. The molecule has 2 aromatic carbocycles. The molecule has 2 amide bonds. The maximum atomic E-state index is 13.0. The molecule has 0 saturated heterocycles. The number of nitrogens with two attached hydrogens (primary N) is 1. The number of anilines is 2. The summed E-state index contributed by atoms with van der Waals surface area (Å²) >= 11 is 1.40. The number of amides is 2. The summed E-state index contributed by atoms with van der Waals surface area (Å²) in [7, 11) is -4.06. The molecule has 1 aliphatic rings. The average Bonchev–Trinajstić information content (AvgIpc) is 3.39. The molecule has 1 heterocycles. The van der Waals surface area contributed by atoms with Crippen molar-refractivity contribution in [2.75, 3.05) is 10.6 Å². The molecule has 168 valence electrons. The van der Waals surface area contributed by atoms with Crippen LogP contribution in [0.1, 0.15) is 29.9 Å². The zero-order chi connectivity index (χ0) is 23.1. The van der Waals surface area contributed by atoms with Crippen molar-refractivity contribution in [2.24, 2.45) is 5.14 Å². The SMILES string of the molecule is NS(=O)(=O)c1ccc(-c2cccs2)c(NC(=O)Nc2cccc(C(F)(F)F)c2)c1C1CC1. The highest BCUT2D eigenvalue weighted by Gasteiger charge is 2.34. The van der Waals surface area contributed by atoms with Crippen LogP contribution in [0.5, 0.6) is 0 Å². The molecule has 0 atom stereocenters. The third kappa shape index (κ3) is 4.79. The average molecular weight is 482 g/mol. The summed E-state index contributed by atoms with van der Waals surface area (Å²) in [6.07, 6.45) is -3.08. The Morgan fingerprint density at radius 3 is 2.41 bits per heavy atom. The normalized spacial score (nSPS) is 14.2. The molecular formula is C21H18F3N3O3S2. The molecule has 0 aliphatic heterocycles. The van der Waals surface area contributed by atoms with E-state index in [2.05, 4.69) is 10.6 Å². The molecule has 0 spiro atoms. The molecule has 1 saturated carbocycles. The number of nitrogens with one attached hydrogen (secondary N) is 2. The van der Waals surface area contributed by atoms with E-state index in [1.807, 2.05) is 17.5 Å². The van der Waals surface area contributed by atoms with Crippen LogP contribution in [0, 0.1) is 0 Å². The number of hydrogen-bond donors (Lipinski definition) is 3. The van der Waals surface area contributed by atoms with Gasteiger partial charge in [0.2, 0.25) is 10.0 Å². The van der Waals surface area contributed by atoms with Gasteiger partial charge in [-0.3, -0.25) is 0 Å². The Bertz CT molecular complexity index is 1270. The minimum Gasteiger partial charge on any atom is -0.308 e. The van der Waals surface area contributed by atoms with Crippen molar-refractivity contribution in [3.8, 4) is 10.4 Å². The molecule has 0 radical (unpaired) electrons. The number of rotatable bonds is 5. The molecule has 0 bridgehead atoms. The number of hydrogen-bond acceptors (Lipinski definition) is 4. The molecule has 4 N–H and O–H groups in total. The number of benzene rings is 2. The lowest BCUT2D eigenvalue weighted by Crippen LogP contribution is -2.22. The van der Waals surface area contributed by atoms with Crippen molar-refractivity contribution in [1.29, 1.82) is 0 Å². The van der Waals surface area contributed by atoms with Gasteiger partial charge in [-0.25, -0.2) is 18.4 Å². The molecule has 1 fully saturated rings. The molecular weight excluding hydrogens is 463 g/mol. The van der Waals surface area contributed by atoms with E-state index in [4.69, 9.17) is 5.14 Å². The van der Waals surface area contributed by atoms with E-state index in [9.17, 15) is 26.4 Å². The van der Waals surface area contributed by atoms with E-state index in [1.165, 1.54) is 29.5 Å². The summed E-state index contributed by atoms with van der Waals surface area (Å²) in [6.45, 7) is 0. The monoisotopic (exact) mass is 481 g/mol. The first kappa shape index (κ1) is 22.3. The minimum atomic E-state index is -4.55. The van der Waals surface area contributed by atoms with Crippen molar-refractivity contribution >= 4 is 38.8 Å². The largest absolute Gasteiger partial charge is 0.416 e. The number of urea groups is 1. The lowest BCUT2D eigenvalue weighted by atomic mass is 10.0. The Balaban J connectivity index is 1.73. The molecule has 3 aromatic rings. The summed E-state index contributed by atoms with van der Waals surface area (Å²) < 4.78 is 63.3. The fourth-order valence-electron chi connectivity index (χ4n) is 3.45. The van der Waals surface area contributed by atoms with Crippen LogP contribution < -0.4 is 15.8 Å². The molecule has 1 aromatic heterocycles. The smallest absolute Gasteiger partial charge is 0.308 e. The van der Waals surface area contributed by atoms with Crippen molar-refractivity contribution in [2.45, 2.75) is 29.8 Å². The van der Waals surface area contributed by atoms with Gasteiger partial charge in [-0.1, -0.05) is 18.2 Å². The van der Waals surface area contributed by atoms with Crippen LogP contribution in [0.15, 0.2) is 58.8 Å². The lowest BCUT2D eigenvalue weighted by Gasteiger charge is -2.19. The van der Waals surface area contributed by atoms with Crippen molar-refractivity contribution in [3.63, 3.8) is 0 Å². The second kappa shape index (κ2) is 8.23. The topological polar surface area (TPSA) is 101 Å². The number of carbonyl (C=O) groups excluding carboxylic acids is 1. The van der Waals surface area contributed by atoms with Crippen molar-refractivity contribution in [3.05, 3.63) is 65.0 Å². The molecule has 0 unspecified atom stereocenters. The first-order valence-corrected chi connectivity index (χ1v) is 12.0. The van der Waals surface area contributed by atoms with Gasteiger partial charge in [0.1, 0.15) is 0 Å². The van der Waals surface area contributed by atoms with Crippen LogP contribution >= 0.6 is 11.3 Å². The maximum Gasteiger partial charge on any atom is 0.416 e. The van der Waals surface area contributed by atoms with Gasteiger partial charge in [-0.2, -0.15) is 13.2 Å². The van der Waals surface area contributed by atoms with Crippen LogP contribution in [-0.2, 0) is 16.2 Å². The van der Waals surface area contributed by atoms with E-state index in [0.717, 1.165) is 29.9 Å². The van der Waals surface area contributed by atoms with Gasteiger partial charge in [0.25, 0.3) is 0 Å². The number of primary sulfonamides is 1. The Labute approximate surface area is 186 Å². The summed E-state index contributed by atoms with van der Waals surface area (Å²) in [5.41, 5.74) is 0.354. The van der Waals surface area contributed by atoms with Crippen molar-refractivity contribution in [1.82, 2.24) is 0 Å². The lowest BCUT2D eigenvalue weighted by molar-refractivity contribution is -0.137. The molecule has 11 heteroatoms. The third-order valence-corrected chi connectivity index (χ3v) is 6.84. The van der Waals surface area contributed by atoms with Crippen LogP contribution in [0.2, 0.25) is 0 Å². The number of halogens is 3. The third-order valence-electron chi connectivity index (χ3n) is 4.97. The maximum absolute atomic E-state index is 13.0. The Hall–Kier alpha value is -2.89.